The number of carbonyl (C=O) groups is 2. The molecule has 4 heteroatoms. The number of hydrogen-bond acceptors (Lipinski definition) is 4. The van der Waals surface area contributed by atoms with Gasteiger partial charge in [-0.2, -0.15) is 0 Å². The van der Waals surface area contributed by atoms with Crippen molar-refractivity contribution < 1.29 is 19.1 Å². The van der Waals surface area contributed by atoms with Crippen LogP contribution >= 0.6 is 0 Å². The molecule has 0 aromatic rings. The summed E-state index contributed by atoms with van der Waals surface area (Å²) in [6.07, 6.45) is 3.11. The van der Waals surface area contributed by atoms with Gasteiger partial charge in [-0.25, -0.2) is 4.79 Å². The second-order valence-electron chi connectivity index (χ2n) is 6.24. The van der Waals surface area contributed by atoms with Crippen LogP contribution in [0.1, 0.15) is 34.6 Å². The van der Waals surface area contributed by atoms with Gasteiger partial charge in [-0.3, -0.25) is 4.79 Å². The van der Waals surface area contributed by atoms with Crippen molar-refractivity contribution in [3.8, 4) is 0 Å². The molecule has 1 aliphatic rings. The lowest BCUT2D eigenvalue weighted by molar-refractivity contribution is -0.157. The lowest BCUT2D eigenvalue weighted by Gasteiger charge is -2.19. The number of ether oxygens (including phenoxy) is 2. The molecule has 0 radical (unpaired) electrons. The van der Waals surface area contributed by atoms with Crippen molar-refractivity contribution in [2.24, 2.45) is 17.3 Å². The summed E-state index contributed by atoms with van der Waals surface area (Å²) in [6.45, 7) is 9.53. The highest BCUT2D eigenvalue weighted by molar-refractivity contribution is 5.83. The monoisotopic (exact) mass is 254 g/mol. The van der Waals surface area contributed by atoms with E-state index in [2.05, 4.69) is 4.74 Å². The van der Waals surface area contributed by atoms with E-state index in [1.54, 1.807) is 6.08 Å². The minimum Gasteiger partial charge on any atom is -0.466 e. The van der Waals surface area contributed by atoms with Gasteiger partial charge in [-0.1, -0.05) is 19.9 Å². The topological polar surface area (TPSA) is 52.6 Å². The zero-order valence-corrected chi connectivity index (χ0v) is 11.9. The predicted molar refractivity (Wildman–Crippen MR) is 67.8 cm³/mol. The van der Waals surface area contributed by atoms with Crippen molar-refractivity contribution in [2.75, 3.05) is 7.11 Å². The molecule has 0 heterocycles. The quantitative estimate of drug-likeness (QED) is 0.573. The van der Waals surface area contributed by atoms with Crippen LogP contribution in [0.2, 0.25) is 0 Å². The maximum atomic E-state index is 12.0. The zero-order valence-electron chi connectivity index (χ0n) is 11.9. The first-order chi connectivity index (χ1) is 8.09. The molecule has 0 saturated heterocycles. The van der Waals surface area contributed by atoms with E-state index in [-0.39, 0.29) is 23.2 Å². The maximum absolute atomic E-state index is 12.0. The van der Waals surface area contributed by atoms with E-state index >= 15 is 0 Å². The first kappa shape index (κ1) is 14.7. The average molecular weight is 254 g/mol. The molecular weight excluding hydrogens is 232 g/mol. The molecule has 4 nitrogen and oxygen atoms in total. The van der Waals surface area contributed by atoms with Crippen molar-refractivity contribution in [2.45, 2.75) is 40.2 Å². The number of allylic oxidation sites excluding steroid dienone is 1. The largest absolute Gasteiger partial charge is 0.466 e. The molecule has 0 spiro atoms. The van der Waals surface area contributed by atoms with Gasteiger partial charge in [-0.15, -0.1) is 0 Å². The standard InChI is InChI=1S/C14H22O4/c1-13(2,3)18-12(16)11-9(14(11,4)5)7-8-10(15)17-6/h7-9,11H,1-6H3/b8-7+/t9-,11-/m0/s1. The Hall–Kier alpha value is -1.32. The van der Waals surface area contributed by atoms with Crippen molar-refractivity contribution in [3.05, 3.63) is 12.2 Å². The van der Waals surface area contributed by atoms with Gasteiger partial charge in [0.25, 0.3) is 0 Å². The van der Waals surface area contributed by atoms with E-state index in [1.165, 1.54) is 13.2 Å². The van der Waals surface area contributed by atoms with E-state index < -0.39 is 11.6 Å². The van der Waals surface area contributed by atoms with Gasteiger partial charge >= 0.3 is 11.9 Å². The summed E-state index contributed by atoms with van der Waals surface area (Å²) in [6, 6.07) is 0. The van der Waals surface area contributed by atoms with Crippen LogP contribution in [0.25, 0.3) is 0 Å². The summed E-state index contributed by atoms with van der Waals surface area (Å²) < 4.78 is 9.90. The summed E-state index contributed by atoms with van der Waals surface area (Å²) >= 11 is 0. The smallest absolute Gasteiger partial charge is 0.330 e. The molecule has 0 aliphatic heterocycles. The Morgan fingerprint density at radius 1 is 1.22 bits per heavy atom. The van der Waals surface area contributed by atoms with Crippen LogP contribution in [0.15, 0.2) is 12.2 Å². The van der Waals surface area contributed by atoms with Crippen LogP contribution in [0, 0.1) is 17.3 Å². The molecule has 1 fully saturated rings. The summed E-state index contributed by atoms with van der Waals surface area (Å²) in [5, 5.41) is 0. The van der Waals surface area contributed by atoms with Crippen molar-refractivity contribution in [3.63, 3.8) is 0 Å². The maximum Gasteiger partial charge on any atom is 0.330 e. The molecule has 0 amide bonds. The summed E-state index contributed by atoms with van der Waals surface area (Å²) in [5.41, 5.74) is -0.640. The summed E-state index contributed by atoms with van der Waals surface area (Å²) in [4.78, 5) is 23.0. The molecule has 2 atom stereocenters. The lowest BCUT2D eigenvalue weighted by Crippen LogP contribution is -2.26. The van der Waals surface area contributed by atoms with E-state index in [4.69, 9.17) is 4.74 Å². The third-order valence-corrected chi connectivity index (χ3v) is 3.21. The fraction of sp³-hybridized carbons (Fsp3) is 0.714. The predicted octanol–water partition coefficient (Wildman–Crippen LogP) is 2.33. The summed E-state index contributed by atoms with van der Waals surface area (Å²) in [5.74, 6) is -0.753. The molecule has 0 aromatic carbocycles. The van der Waals surface area contributed by atoms with Crippen molar-refractivity contribution in [1.82, 2.24) is 0 Å². The Kier molecular flexibility index (Phi) is 3.89. The molecule has 102 valence electrons. The number of hydrogen-bond donors (Lipinski definition) is 0. The van der Waals surface area contributed by atoms with Crippen LogP contribution in [0.3, 0.4) is 0 Å². The van der Waals surface area contributed by atoms with Gasteiger partial charge in [0.05, 0.1) is 13.0 Å². The average Bonchev–Trinajstić information content (AvgIpc) is 2.74. The third-order valence-electron chi connectivity index (χ3n) is 3.21. The zero-order chi connectivity index (χ0) is 14.1. The van der Waals surface area contributed by atoms with E-state index in [0.29, 0.717) is 0 Å². The van der Waals surface area contributed by atoms with Crippen LogP contribution in [0.5, 0.6) is 0 Å². The van der Waals surface area contributed by atoms with Crippen LogP contribution in [-0.2, 0) is 19.1 Å². The normalized spacial score (nSPS) is 25.9. The Bertz CT molecular complexity index is 374. The number of rotatable bonds is 3. The van der Waals surface area contributed by atoms with Gasteiger partial charge < -0.3 is 9.47 Å². The fourth-order valence-electron chi connectivity index (χ4n) is 2.10. The fourth-order valence-corrected chi connectivity index (χ4v) is 2.10. The molecule has 18 heavy (non-hydrogen) atoms. The molecule has 1 saturated carbocycles. The van der Waals surface area contributed by atoms with Crippen molar-refractivity contribution in [1.29, 1.82) is 0 Å². The first-order valence-electron chi connectivity index (χ1n) is 6.08. The molecule has 0 unspecified atom stereocenters. The minimum absolute atomic E-state index is 0.0337. The SMILES string of the molecule is COC(=O)/C=C/[C@H]1[C@@H](C(=O)OC(C)(C)C)C1(C)C. The minimum atomic E-state index is -0.480. The molecule has 0 bridgehead atoms. The first-order valence-corrected chi connectivity index (χ1v) is 6.08. The molecule has 1 aliphatic carbocycles. The Balaban J connectivity index is 2.66. The molecule has 0 N–H and O–H groups in total. The highest BCUT2D eigenvalue weighted by Gasteiger charge is 2.61. The molecular formula is C14H22O4. The van der Waals surface area contributed by atoms with E-state index in [9.17, 15) is 9.59 Å². The lowest BCUT2D eigenvalue weighted by atomic mass is 10.1. The Labute approximate surface area is 108 Å². The third kappa shape index (κ3) is 3.34. The highest BCUT2D eigenvalue weighted by atomic mass is 16.6. The number of methoxy groups -OCH3 is 1. The van der Waals surface area contributed by atoms with Crippen molar-refractivity contribution >= 4 is 11.9 Å². The second kappa shape index (κ2) is 4.75. The van der Waals surface area contributed by atoms with Crippen LogP contribution < -0.4 is 0 Å². The Morgan fingerprint density at radius 2 is 1.78 bits per heavy atom. The number of carbonyl (C=O) groups excluding carboxylic acids is 2. The van der Waals surface area contributed by atoms with Crippen LogP contribution in [0.4, 0.5) is 0 Å². The molecule has 1 rings (SSSR count). The summed E-state index contributed by atoms with van der Waals surface area (Å²) in [7, 11) is 1.33. The van der Waals surface area contributed by atoms with Gasteiger partial charge in [0.2, 0.25) is 0 Å². The Morgan fingerprint density at radius 3 is 2.22 bits per heavy atom. The van der Waals surface area contributed by atoms with Gasteiger partial charge in [0, 0.05) is 6.08 Å². The van der Waals surface area contributed by atoms with Gasteiger partial charge in [0.1, 0.15) is 5.60 Å². The highest BCUT2D eigenvalue weighted by Crippen LogP contribution is 2.59. The second-order valence-corrected chi connectivity index (χ2v) is 6.24. The molecule has 0 aromatic heterocycles. The van der Waals surface area contributed by atoms with Gasteiger partial charge in [-0.05, 0) is 32.1 Å². The van der Waals surface area contributed by atoms with Crippen LogP contribution in [-0.4, -0.2) is 24.6 Å². The van der Waals surface area contributed by atoms with E-state index in [1.807, 2.05) is 34.6 Å². The number of esters is 2. The van der Waals surface area contributed by atoms with E-state index in [0.717, 1.165) is 0 Å². The van der Waals surface area contributed by atoms with Gasteiger partial charge in [0.15, 0.2) is 0 Å².